The molecule has 0 bridgehead atoms. The van der Waals surface area contributed by atoms with Crippen LogP contribution in [0.3, 0.4) is 0 Å². The Balaban J connectivity index is 2.44. The molecule has 2 heterocycles. The van der Waals surface area contributed by atoms with Crippen LogP contribution in [0.2, 0.25) is 0 Å². The van der Waals surface area contributed by atoms with Crippen LogP contribution in [0.25, 0.3) is 0 Å². The van der Waals surface area contributed by atoms with Gasteiger partial charge in [0.05, 0.1) is 24.6 Å². The van der Waals surface area contributed by atoms with Gasteiger partial charge in [0.1, 0.15) is 4.60 Å². The molecule has 1 aliphatic heterocycles. The van der Waals surface area contributed by atoms with Crippen molar-refractivity contribution in [2.75, 3.05) is 18.6 Å². The van der Waals surface area contributed by atoms with Crippen molar-refractivity contribution in [3.05, 3.63) is 22.4 Å². The summed E-state index contributed by atoms with van der Waals surface area (Å²) in [5.41, 5.74) is 0.779. The van der Waals surface area contributed by atoms with Crippen LogP contribution in [0, 0.1) is 0 Å². The molecule has 0 N–H and O–H groups in total. The Hall–Kier alpha value is -1.08. The summed E-state index contributed by atoms with van der Waals surface area (Å²) >= 11 is 7.47. The number of hydrogen-bond acceptors (Lipinski definition) is 5. The second-order valence-electron chi connectivity index (χ2n) is 3.88. The number of methoxy groups -OCH3 is 1. The lowest BCUT2D eigenvalue weighted by Gasteiger charge is -2.18. The molecule has 5 nitrogen and oxygen atoms in total. The quantitative estimate of drug-likeness (QED) is 0.509. The van der Waals surface area contributed by atoms with Gasteiger partial charge in [-0.2, -0.15) is 12.6 Å². The van der Waals surface area contributed by atoms with E-state index in [1.807, 2.05) is 0 Å². The number of carbonyl (C=O) groups excluding carboxylic acids is 2. The minimum Gasteiger partial charge on any atom is -0.465 e. The number of amides is 1. The SMILES string of the molecule is COC(=O)c1cc(Br)ncc1N1CC(S)CC1=O. The molecule has 18 heavy (non-hydrogen) atoms. The van der Waals surface area contributed by atoms with E-state index >= 15 is 0 Å². The molecule has 0 aromatic carbocycles. The van der Waals surface area contributed by atoms with E-state index in [-0.39, 0.29) is 11.2 Å². The number of rotatable bonds is 2. The van der Waals surface area contributed by atoms with E-state index in [0.717, 1.165) is 0 Å². The van der Waals surface area contributed by atoms with Crippen molar-refractivity contribution in [1.29, 1.82) is 0 Å². The first-order chi connectivity index (χ1) is 8.52. The van der Waals surface area contributed by atoms with Gasteiger partial charge in [0.2, 0.25) is 5.91 Å². The molecule has 1 aliphatic rings. The summed E-state index contributed by atoms with van der Waals surface area (Å²) in [6, 6.07) is 1.54. The second kappa shape index (κ2) is 5.27. The van der Waals surface area contributed by atoms with Crippen molar-refractivity contribution in [2.45, 2.75) is 11.7 Å². The Labute approximate surface area is 118 Å². The highest BCUT2D eigenvalue weighted by molar-refractivity contribution is 9.10. The van der Waals surface area contributed by atoms with Gasteiger partial charge in [0.25, 0.3) is 0 Å². The molecule has 1 aromatic heterocycles. The fourth-order valence-electron chi connectivity index (χ4n) is 1.83. The van der Waals surface area contributed by atoms with E-state index in [9.17, 15) is 9.59 Å². The summed E-state index contributed by atoms with van der Waals surface area (Å²) in [6.07, 6.45) is 1.85. The van der Waals surface area contributed by atoms with Gasteiger partial charge in [0.15, 0.2) is 0 Å². The third-order valence-electron chi connectivity index (χ3n) is 2.65. The summed E-state index contributed by atoms with van der Waals surface area (Å²) in [4.78, 5) is 29.1. The van der Waals surface area contributed by atoms with E-state index in [0.29, 0.717) is 28.8 Å². The Kier molecular flexibility index (Phi) is 3.91. The zero-order chi connectivity index (χ0) is 13.3. The Morgan fingerprint density at radius 3 is 2.94 bits per heavy atom. The number of hydrogen-bond donors (Lipinski definition) is 1. The number of nitrogens with zero attached hydrogens (tertiary/aromatic N) is 2. The zero-order valence-corrected chi connectivity index (χ0v) is 12.1. The highest BCUT2D eigenvalue weighted by Crippen LogP contribution is 2.28. The molecule has 0 aliphatic carbocycles. The molecule has 7 heteroatoms. The van der Waals surface area contributed by atoms with Crippen LogP contribution in [0.15, 0.2) is 16.9 Å². The average Bonchev–Trinajstić information content (AvgIpc) is 2.67. The molecule has 1 saturated heterocycles. The van der Waals surface area contributed by atoms with Crippen molar-refractivity contribution < 1.29 is 14.3 Å². The predicted octanol–water partition coefficient (Wildman–Crippen LogP) is 1.67. The van der Waals surface area contributed by atoms with E-state index in [1.54, 1.807) is 6.07 Å². The van der Waals surface area contributed by atoms with Gasteiger partial charge in [-0.3, -0.25) is 4.79 Å². The maximum Gasteiger partial charge on any atom is 0.340 e. The van der Waals surface area contributed by atoms with Gasteiger partial charge in [-0.1, -0.05) is 0 Å². The van der Waals surface area contributed by atoms with E-state index < -0.39 is 5.97 Å². The number of aromatic nitrogens is 1. The minimum absolute atomic E-state index is 0.0216. The van der Waals surface area contributed by atoms with Crippen LogP contribution < -0.4 is 4.90 Å². The first-order valence-corrected chi connectivity index (χ1v) is 6.56. The van der Waals surface area contributed by atoms with Crippen molar-refractivity contribution >= 4 is 46.1 Å². The number of ether oxygens (including phenoxy) is 1. The number of anilines is 1. The molecule has 0 radical (unpaired) electrons. The third kappa shape index (κ3) is 2.51. The Morgan fingerprint density at radius 2 is 2.39 bits per heavy atom. The van der Waals surface area contributed by atoms with Gasteiger partial charge in [-0.15, -0.1) is 0 Å². The average molecular weight is 331 g/mol. The lowest BCUT2D eigenvalue weighted by molar-refractivity contribution is -0.117. The first kappa shape index (κ1) is 13.4. The molecule has 96 valence electrons. The highest BCUT2D eigenvalue weighted by Gasteiger charge is 2.31. The number of esters is 1. The van der Waals surface area contributed by atoms with Gasteiger partial charge in [-0.05, 0) is 22.0 Å². The number of halogens is 1. The van der Waals surface area contributed by atoms with Crippen LogP contribution in [0.1, 0.15) is 16.8 Å². The van der Waals surface area contributed by atoms with Gasteiger partial charge >= 0.3 is 5.97 Å². The van der Waals surface area contributed by atoms with E-state index in [4.69, 9.17) is 4.74 Å². The fourth-order valence-corrected chi connectivity index (χ4v) is 2.48. The molecule has 2 rings (SSSR count). The molecule has 1 aromatic rings. The number of thiol groups is 1. The molecular weight excluding hydrogens is 320 g/mol. The monoisotopic (exact) mass is 330 g/mol. The van der Waals surface area contributed by atoms with Crippen molar-refractivity contribution in [1.82, 2.24) is 4.98 Å². The van der Waals surface area contributed by atoms with Crippen LogP contribution in [-0.4, -0.2) is 35.8 Å². The molecule has 1 amide bonds. The molecule has 1 fully saturated rings. The molecule has 1 unspecified atom stereocenters. The highest BCUT2D eigenvalue weighted by atomic mass is 79.9. The van der Waals surface area contributed by atoms with Crippen molar-refractivity contribution in [3.63, 3.8) is 0 Å². The van der Waals surface area contributed by atoms with Crippen molar-refractivity contribution in [2.24, 2.45) is 0 Å². The van der Waals surface area contributed by atoms with Crippen LogP contribution in [0.5, 0.6) is 0 Å². The second-order valence-corrected chi connectivity index (χ2v) is 5.42. The summed E-state index contributed by atoms with van der Waals surface area (Å²) < 4.78 is 5.22. The van der Waals surface area contributed by atoms with Gasteiger partial charge in [-0.25, -0.2) is 9.78 Å². The molecule has 1 atom stereocenters. The lowest BCUT2D eigenvalue weighted by atomic mass is 10.2. The van der Waals surface area contributed by atoms with E-state index in [1.165, 1.54) is 18.2 Å². The largest absolute Gasteiger partial charge is 0.465 e. The van der Waals surface area contributed by atoms with Crippen LogP contribution in [-0.2, 0) is 9.53 Å². The summed E-state index contributed by atoms with van der Waals surface area (Å²) in [6.45, 7) is 0.468. The smallest absolute Gasteiger partial charge is 0.340 e. The van der Waals surface area contributed by atoms with Crippen LogP contribution >= 0.6 is 28.6 Å². The maximum absolute atomic E-state index is 11.8. The Bertz CT molecular complexity index is 509. The molecule has 0 spiro atoms. The van der Waals surface area contributed by atoms with Gasteiger partial charge < -0.3 is 9.64 Å². The number of carbonyl (C=O) groups is 2. The summed E-state index contributed by atoms with van der Waals surface area (Å²) in [5, 5.41) is -0.0216. The number of pyridine rings is 1. The molecular formula is C11H11BrN2O3S. The normalized spacial score (nSPS) is 19.2. The fraction of sp³-hybridized carbons (Fsp3) is 0.364. The predicted molar refractivity (Wildman–Crippen MR) is 73.0 cm³/mol. The van der Waals surface area contributed by atoms with E-state index in [2.05, 4.69) is 33.5 Å². The van der Waals surface area contributed by atoms with Crippen molar-refractivity contribution in [3.8, 4) is 0 Å². The standard InChI is InChI=1S/C11H11BrN2O3S/c1-17-11(16)7-3-9(12)13-4-8(7)14-5-6(18)2-10(14)15/h3-4,6,18H,2,5H2,1H3. The summed E-state index contributed by atoms with van der Waals surface area (Å²) in [5.74, 6) is -0.562. The lowest BCUT2D eigenvalue weighted by Crippen LogP contribution is -2.27. The van der Waals surface area contributed by atoms with Crippen LogP contribution in [0.4, 0.5) is 5.69 Å². The Morgan fingerprint density at radius 1 is 1.67 bits per heavy atom. The van der Waals surface area contributed by atoms with Gasteiger partial charge in [0, 0.05) is 18.2 Å². The maximum atomic E-state index is 11.8. The topological polar surface area (TPSA) is 59.5 Å². The first-order valence-electron chi connectivity index (χ1n) is 5.25. The summed E-state index contributed by atoms with van der Waals surface area (Å²) in [7, 11) is 1.30. The zero-order valence-electron chi connectivity index (χ0n) is 9.59. The molecule has 0 saturated carbocycles. The third-order valence-corrected chi connectivity index (χ3v) is 3.43. The minimum atomic E-state index is -0.497.